The molecule has 0 heterocycles. The molecule has 2 fully saturated rings. The monoisotopic (exact) mass is 762 g/mol. The van der Waals surface area contributed by atoms with E-state index in [9.17, 15) is 34.9 Å². The molecule has 0 bridgehead atoms. The van der Waals surface area contributed by atoms with Crippen LogP contribution in [0.15, 0.2) is 48.5 Å². The lowest BCUT2D eigenvalue weighted by molar-refractivity contribution is -0.385. The van der Waals surface area contributed by atoms with Gasteiger partial charge in [0.1, 0.15) is 17.6 Å². The lowest BCUT2D eigenvalue weighted by Crippen LogP contribution is -2.36. The highest BCUT2D eigenvalue weighted by atomic mass is 35.5. The largest absolute Gasteiger partial charge is 0.514 e. The maximum Gasteiger partial charge on any atom is 0.514 e. The molecule has 4 rings (SSSR count). The molecule has 0 saturated heterocycles. The van der Waals surface area contributed by atoms with Gasteiger partial charge in [-0.1, -0.05) is 54.4 Å². The van der Waals surface area contributed by atoms with Crippen molar-refractivity contribution in [3.8, 4) is 11.5 Å². The molecule has 15 heteroatoms. The number of nitro groups is 2. The number of benzene rings is 2. The topological polar surface area (TPSA) is 168 Å². The number of non-ortho nitro benzene ring substituents is 2. The Bertz CT molecular complexity index is 1330. The Morgan fingerprint density at radius 2 is 1.16 bits per heavy atom. The van der Waals surface area contributed by atoms with Gasteiger partial charge in [-0.15, -0.1) is 23.2 Å². The number of hydrogen-bond donors (Lipinski definition) is 1. The summed E-state index contributed by atoms with van der Waals surface area (Å²) in [6.45, 7) is 13.1. The van der Waals surface area contributed by atoms with Crippen molar-refractivity contribution >= 4 is 57.8 Å². The fourth-order valence-corrected chi connectivity index (χ4v) is 6.10. The molecule has 2 aromatic carbocycles. The lowest BCUT2D eigenvalue weighted by Gasteiger charge is -2.36. The second-order valence-electron chi connectivity index (χ2n) is 13.2. The SMILES string of the molecule is CC1CC[C@@H](C(C)C)C(O)C1.CC1CC[C@@H](C(C)C)C(OC(=O)Oc2ccc([N+](=O)[O-])cc2)C1.ClCCl.O=C(Cl)Oc1ccc([N+](=O)[O-])cc1. The maximum atomic E-state index is 12.0. The number of halogens is 3. The van der Waals surface area contributed by atoms with E-state index >= 15 is 0 Å². The zero-order valence-corrected chi connectivity index (χ0v) is 31.6. The molecule has 2 aromatic rings. The van der Waals surface area contributed by atoms with E-state index in [1.54, 1.807) is 0 Å². The fraction of sp³-hybridized carbons (Fsp3) is 0.600. The zero-order valence-electron chi connectivity index (χ0n) is 29.3. The van der Waals surface area contributed by atoms with E-state index in [0.717, 1.165) is 31.6 Å². The normalized spacial score (nSPS) is 22.6. The number of carbonyl (C=O) groups excluding carboxylic acids is 2. The number of aliphatic hydroxyl groups excluding tert-OH is 1. The van der Waals surface area contributed by atoms with Crippen LogP contribution in [0.3, 0.4) is 0 Å². The molecular formula is C35H49Cl3N2O10. The first kappa shape index (κ1) is 44.8. The van der Waals surface area contributed by atoms with Crippen molar-refractivity contribution in [1.29, 1.82) is 0 Å². The van der Waals surface area contributed by atoms with Crippen molar-refractivity contribution in [2.24, 2.45) is 35.5 Å². The first-order valence-corrected chi connectivity index (χ1v) is 18.0. The Balaban J connectivity index is 0.000000391. The van der Waals surface area contributed by atoms with E-state index in [4.69, 9.17) is 44.3 Å². The molecule has 2 saturated carbocycles. The number of aliphatic hydroxyl groups is 1. The average molecular weight is 764 g/mol. The van der Waals surface area contributed by atoms with Gasteiger partial charge in [0, 0.05) is 35.9 Å². The van der Waals surface area contributed by atoms with Crippen molar-refractivity contribution < 1.29 is 38.8 Å². The molecule has 0 amide bonds. The Kier molecular flexibility index (Phi) is 20.9. The summed E-state index contributed by atoms with van der Waals surface area (Å²) in [5.74, 6) is 3.68. The van der Waals surface area contributed by atoms with E-state index < -0.39 is 21.4 Å². The predicted octanol–water partition coefficient (Wildman–Crippen LogP) is 10.8. The standard InChI is InChI=1S/C17H23NO5.C10H20O.C7H4ClNO4.CH2Cl2/c1-11(2)15-9-4-12(3)10-16(15)23-17(19)22-14-7-5-13(6-8-14)18(20)21;1-7(2)9-5-4-8(3)6-10(9)11;8-7(10)13-6-3-1-5(2-4-6)9(11)12;2-1-3/h5-8,11-12,15-16H,4,9-10H2,1-3H3;7-11H,4-6H2,1-3H3;1-4H;1H2/t12?,15-,16?;8?,9-,10?;;/m00../s1. The highest BCUT2D eigenvalue weighted by Gasteiger charge is 2.34. The van der Waals surface area contributed by atoms with Gasteiger partial charge in [-0.05, 0) is 85.5 Å². The van der Waals surface area contributed by atoms with Crippen LogP contribution in [0.1, 0.15) is 80.1 Å². The van der Waals surface area contributed by atoms with Crippen LogP contribution in [0.4, 0.5) is 21.0 Å². The van der Waals surface area contributed by atoms with E-state index in [0.29, 0.717) is 29.6 Å². The summed E-state index contributed by atoms with van der Waals surface area (Å²) in [5, 5.41) is 30.7. The van der Waals surface area contributed by atoms with E-state index in [1.807, 2.05) is 0 Å². The van der Waals surface area contributed by atoms with Crippen molar-refractivity contribution in [3.63, 3.8) is 0 Å². The van der Waals surface area contributed by atoms with Crippen LogP contribution in [0.25, 0.3) is 0 Å². The molecule has 280 valence electrons. The molecule has 4 unspecified atom stereocenters. The summed E-state index contributed by atoms with van der Waals surface area (Å²) in [6, 6.07) is 10.4. The van der Waals surface area contributed by atoms with Gasteiger partial charge in [-0.3, -0.25) is 20.2 Å². The molecule has 6 atom stereocenters. The number of nitrogens with zero attached hydrogens (tertiary/aromatic N) is 2. The molecule has 2 aliphatic carbocycles. The third-order valence-corrected chi connectivity index (χ3v) is 8.77. The Morgan fingerprint density at radius 3 is 1.54 bits per heavy atom. The van der Waals surface area contributed by atoms with Gasteiger partial charge in [-0.25, -0.2) is 9.59 Å². The quantitative estimate of drug-likeness (QED) is 0.0715. The van der Waals surface area contributed by atoms with Crippen LogP contribution in [-0.2, 0) is 4.74 Å². The second kappa shape index (κ2) is 23.3. The third-order valence-electron chi connectivity index (χ3n) is 8.69. The van der Waals surface area contributed by atoms with Crippen molar-refractivity contribution in [2.75, 3.05) is 5.34 Å². The smallest absolute Gasteiger partial charge is 0.430 e. The minimum absolute atomic E-state index is 0.0289. The van der Waals surface area contributed by atoms with Crippen LogP contribution in [0.2, 0.25) is 0 Å². The van der Waals surface area contributed by atoms with Crippen LogP contribution in [0, 0.1) is 55.7 Å². The van der Waals surface area contributed by atoms with Gasteiger partial charge < -0.3 is 19.3 Å². The lowest BCUT2D eigenvalue weighted by atomic mass is 9.75. The van der Waals surface area contributed by atoms with Crippen LogP contribution in [-0.4, -0.2) is 44.1 Å². The van der Waals surface area contributed by atoms with Crippen LogP contribution < -0.4 is 9.47 Å². The minimum Gasteiger partial charge on any atom is -0.430 e. The highest BCUT2D eigenvalue weighted by molar-refractivity contribution is 6.61. The van der Waals surface area contributed by atoms with Gasteiger partial charge in [0.25, 0.3) is 11.4 Å². The van der Waals surface area contributed by atoms with Crippen LogP contribution in [0.5, 0.6) is 11.5 Å². The number of rotatable bonds is 7. The summed E-state index contributed by atoms with van der Waals surface area (Å²) in [6.07, 6.45) is 5.68. The molecule has 50 heavy (non-hydrogen) atoms. The van der Waals surface area contributed by atoms with E-state index in [-0.39, 0.29) is 40.4 Å². The number of carbonyl (C=O) groups is 2. The maximum absolute atomic E-state index is 12.0. The van der Waals surface area contributed by atoms with Crippen molar-refractivity contribution in [2.45, 2.75) is 92.3 Å². The van der Waals surface area contributed by atoms with Gasteiger partial charge in [0.15, 0.2) is 0 Å². The first-order chi connectivity index (χ1) is 23.5. The van der Waals surface area contributed by atoms with Gasteiger partial charge in [0.2, 0.25) is 0 Å². The minimum atomic E-state index is -0.978. The summed E-state index contributed by atoms with van der Waals surface area (Å²) >= 11 is 14.4. The van der Waals surface area contributed by atoms with E-state index in [1.165, 1.54) is 61.4 Å². The Hall–Kier alpha value is -3.19. The molecule has 0 radical (unpaired) electrons. The fourth-order valence-electron chi connectivity index (χ4n) is 6.01. The summed E-state index contributed by atoms with van der Waals surface area (Å²) in [7, 11) is 0. The average Bonchev–Trinajstić information content (AvgIpc) is 3.02. The van der Waals surface area contributed by atoms with Gasteiger partial charge in [0.05, 0.1) is 21.3 Å². The second-order valence-corrected chi connectivity index (χ2v) is 14.3. The third kappa shape index (κ3) is 17.2. The molecule has 12 nitrogen and oxygen atoms in total. The number of ether oxygens (including phenoxy) is 3. The van der Waals surface area contributed by atoms with Crippen molar-refractivity contribution in [1.82, 2.24) is 0 Å². The van der Waals surface area contributed by atoms with E-state index in [2.05, 4.69) is 46.3 Å². The summed E-state index contributed by atoms with van der Waals surface area (Å²) < 4.78 is 15.1. The number of alkyl halides is 2. The summed E-state index contributed by atoms with van der Waals surface area (Å²) in [5.41, 5.74) is -1.10. The van der Waals surface area contributed by atoms with Crippen molar-refractivity contribution in [3.05, 3.63) is 68.8 Å². The van der Waals surface area contributed by atoms with Crippen LogP contribution >= 0.6 is 34.8 Å². The summed E-state index contributed by atoms with van der Waals surface area (Å²) in [4.78, 5) is 42.0. The number of hydrogen-bond acceptors (Lipinski definition) is 10. The number of nitro benzene ring substituents is 2. The zero-order chi connectivity index (χ0) is 38.0. The molecule has 0 aromatic heterocycles. The molecule has 0 aliphatic heterocycles. The predicted molar refractivity (Wildman–Crippen MR) is 194 cm³/mol. The first-order valence-electron chi connectivity index (χ1n) is 16.5. The molecular weight excluding hydrogens is 715 g/mol. The molecule has 2 aliphatic rings. The Morgan fingerprint density at radius 1 is 0.760 bits per heavy atom. The Labute approximate surface area is 309 Å². The van der Waals surface area contributed by atoms with Gasteiger partial charge in [-0.2, -0.15) is 0 Å². The molecule has 1 N–H and O–H groups in total. The van der Waals surface area contributed by atoms with Gasteiger partial charge >= 0.3 is 11.6 Å². The molecule has 0 spiro atoms. The highest BCUT2D eigenvalue weighted by Crippen LogP contribution is 2.36.